The molecule has 1 aromatic heterocycles. The minimum absolute atomic E-state index is 0.00518. The number of ether oxygens (including phenoxy) is 1. The summed E-state index contributed by atoms with van der Waals surface area (Å²) in [6, 6.07) is 8.08. The summed E-state index contributed by atoms with van der Waals surface area (Å²) in [6.07, 6.45) is 3.53. The van der Waals surface area contributed by atoms with E-state index in [1.54, 1.807) is 25.1 Å². The maximum atomic E-state index is 11.9. The molecule has 0 aliphatic carbocycles. The van der Waals surface area contributed by atoms with Crippen LogP contribution in [0.5, 0.6) is 5.75 Å². The fourth-order valence-electron chi connectivity index (χ4n) is 2.56. The lowest BCUT2D eigenvalue weighted by Gasteiger charge is -2.22. The number of pyridine rings is 1. The van der Waals surface area contributed by atoms with Crippen molar-refractivity contribution in [1.29, 1.82) is 0 Å². The van der Waals surface area contributed by atoms with Crippen LogP contribution in [-0.2, 0) is 4.79 Å². The van der Waals surface area contributed by atoms with Crippen LogP contribution < -0.4 is 15.0 Å². The van der Waals surface area contributed by atoms with Gasteiger partial charge in [0, 0.05) is 35.7 Å². The van der Waals surface area contributed by atoms with Crippen molar-refractivity contribution in [3.63, 3.8) is 0 Å². The van der Waals surface area contributed by atoms with E-state index < -0.39 is 0 Å². The summed E-state index contributed by atoms with van der Waals surface area (Å²) in [5.41, 5.74) is 2.92. The highest BCUT2D eigenvalue weighted by Gasteiger charge is 2.29. The van der Waals surface area contributed by atoms with Gasteiger partial charge < -0.3 is 15.0 Å². The molecular formula is C18H21N3O2S. The average molecular weight is 343 g/mol. The van der Waals surface area contributed by atoms with Gasteiger partial charge >= 0.3 is 0 Å². The second kappa shape index (κ2) is 6.73. The van der Waals surface area contributed by atoms with Gasteiger partial charge in [0.05, 0.1) is 24.7 Å². The number of amides is 1. The minimum atomic E-state index is -0.0612. The number of rotatable bonds is 4. The Hall–Kier alpha value is -2.21. The summed E-state index contributed by atoms with van der Waals surface area (Å²) in [6.45, 7) is 3.74. The second-order valence-electron chi connectivity index (χ2n) is 6.07. The topological polar surface area (TPSA) is 54.5 Å². The average Bonchev–Trinajstić information content (AvgIpc) is 2.91. The molecule has 0 radical (unpaired) electrons. The quantitative estimate of drug-likeness (QED) is 0.912. The highest BCUT2D eigenvalue weighted by Crippen LogP contribution is 2.51. The molecule has 24 heavy (non-hydrogen) atoms. The molecule has 1 atom stereocenters. The predicted octanol–water partition coefficient (Wildman–Crippen LogP) is 3.93. The number of aromatic nitrogens is 1. The van der Waals surface area contributed by atoms with E-state index in [1.807, 2.05) is 38.2 Å². The second-order valence-corrected chi connectivity index (χ2v) is 7.19. The molecular weight excluding hydrogens is 322 g/mol. The number of fused-ring (bicyclic) bond motifs is 1. The number of carbonyl (C=O) groups excluding carboxylic acids is 1. The number of nitrogens with one attached hydrogen (secondary N) is 1. The van der Waals surface area contributed by atoms with Gasteiger partial charge in [0.2, 0.25) is 5.91 Å². The van der Waals surface area contributed by atoms with Gasteiger partial charge in [0.25, 0.3) is 0 Å². The number of hydrogen-bond donors (Lipinski definition) is 1. The summed E-state index contributed by atoms with van der Waals surface area (Å²) in [7, 11) is 3.73. The molecule has 1 aromatic carbocycles. The van der Waals surface area contributed by atoms with E-state index in [9.17, 15) is 4.79 Å². The molecule has 1 unspecified atom stereocenters. The zero-order valence-electron chi connectivity index (χ0n) is 14.2. The Bertz CT molecular complexity index is 764. The van der Waals surface area contributed by atoms with Gasteiger partial charge in [-0.05, 0) is 18.2 Å². The third-order valence-electron chi connectivity index (χ3n) is 3.97. The number of methoxy groups -OCH3 is 1. The van der Waals surface area contributed by atoms with E-state index in [1.165, 1.54) is 4.90 Å². The number of nitrogens with zero attached hydrogens (tertiary/aromatic N) is 2. The largest absolute Gasteiger partial charge is 0.497 e. The van der Waals surface area contributed by atoms with E-state index in [4.69, 9.17) is 4.74 Å². The van der Waals surface area contributed by atoms with Gasteiger partial charge in [-0.3, -0.25) is 9.78 Å². The maximum Gasteiger partial charge on any atom is 0.226 e. The molecule has 1 N–H and O–H groups in total. The normalized spacial score (nSPS) is 16.2. The van der Waals surface area contributed by atoms with Crippen LogP contribution in [0.25, 0.3) is 0 Å². The summed E-state index contributed by atoms with van der Waals surface area (Å²) in [5.74, 6) is 0.779. The third kappa shape index (κ3) is 3.19. The first kappa shape index (κ1) is 16.6. The Kier molecular flexibility index (Phi) is 4.66. The molecule has 0 bridgehead atoms. The predicted molar refractivity (Wildman–Crippen MR) is 97.7 cm³/mol. The van der Waals surface area contributed by atoms with Gasteiger partial charge in [0.15, 0.2) is 0 Å². The number of anilines is 2. The molecule has 126 valence electrons. The minimum Gasteiger partial charge on any atom is -0.497 e. The summed E-state index contributed by atoms with van der Waals surface area (Å²) in [5, 5.41) is 3.03. The molecule has 3 rings (SSSR count). The molecule has 0 saturated carbocycles. The fraction of sp³-hybridized carbons (Fsp3) is 0.333. The maximum absolute atomic E-state index is 11.9. The van der Waals surface area contributed by atoms with Gasteiger partial charge in [0.1, 0.15) is 11.1 Å². The van der Waals surface area contributed by atoms with Crippen LogP contribution in [0.2, 0.25) is 0 Å². The molecule has 0 fully saturated rings. The smallest absolute Gasteiger partial charge is 0.226 e. The van der Waals surface area contributed by atoms with Crippen LogP contribution >= 0.6 is 11.8 Å². The first-order valence-electron chi connectivity index (χ1n) is 7.83. The molecule has 6 heteroatoms. The standard InChI is InChI=1S/C18H21N3O2S/c1-11(2)17(22)20-13-7-12(9-19-10-13)18-21(3)15-8-14(23-4)5-6-16(15)24-18/h5-11,18H,1-4H3,(H,20,22). The van der Waals surface area contributed by atoms with Crippen molar-refractivity contribution in [2.75, 3.05) is 24.4 Å². The lowest BCUT2D eigenvalue weighted by atomic mass is 10.2. The van der Waals surface area contributed by atoms with Gasteiger partial charge in [-0.1, -0.05) is 25.6 Å². The van der Waals surface area contributed by atoms with Crippen molar-refractivity contribution in [2.24, 2.45) is 5.92 Å². The molecule has 1 amide bonds. The van der Waals surface area contributed by atoms with Crippen molar-refractivity contribution in [3.8, 4) is 5.75 Å². The monoisotopic (exact) mass is 343 g/mol. The highest BCUT2D eigenvalue weighted by atomic mass is 32.2. The molecule has 2 aromatic rings. The zero-order chi connectivity index (χ0) is 17.3. The summed E-state index contributed by atoms with van der Waals surface area (Å²) < 4.78 is 5.32. The van der Waals surface area contributed by atoms with E-state index in [0.717, 1.165) is 22.7 Å². The molecule has 1 aliphatic heterocycles. The van der Waals surface area contributed by atoms with Crippen molar-refractivity contribution < 1.29 is 9.53 Å². The van der Waals surface area contributed by atoms with Crippen molar-refractivity contribution in [1.82, 2.24) is 4.98 Å². The van der Waals surface area contributed by atoms with Crippen LogP contribution in [0.15, 0.2) is 41.6 Å². The molecule has 2 heterocycles. The highest BCUT2D eigenvalue weighted by molar-refractivity contribution is 8.00. The SMILES string of the molecule is COc1ccc2c(c1)N(C)C(c1cncc(NC(=O)C(C)C)c1)S2. The van der Waals surface area contributed by atoms with E-state index in [-0.39, 0.29) is 17.2 Å². The zero-order valence-corrected chi connectivity index (χ0v) is 15.1. The number of carbonyl (C=O) groups is 1. The molecule has 1 aliphatic rings. The fourth-order valence-corrected chi connectivity index (χ4v) is 3.81. The third-order valence-corrected chi connectivity index (χ3v) is 5.38. The van der Waals surface area contributed by atoms with E-state index >= 15 is 0 Å². The van der Waals surface area contributed by atoms with E-state index in [2.05, 4.69) is 28.3 Å². The van der Waals surface area contributed by atoms with Crippen molar-refractivity contribution >= 4 is 29.0 Å². The van der Waals surface area contributed by atoms with Crippen LogP contribution in [0.1, 0.15) is 24.8 Å². The Balaban J connectivity index is 1.84. The Morgan fingerprint density at radius 1 is 1.33 bits per heavy atom. The molecule has 0 saturated heterocycles. The molecule has 0 spiro atoms. The lowest BCUT2D eigenvalue weighted by Crippen LogP contribution is -2.19. The number of benzene rings is 1. The van der Waals surface area contributed by atoms with Crippen LogP contribution in [0, 0.1) is 5.92 Å². The molecule has 5 nitrogen and oxygen atoms in total. The van der Waals surface area contributed by atoms with Crippen LogP contribution in [-0.4, -0.2) is 25.0 Å². The number of thioether (sulfide) groups is 1. The van der Waals surface area contributed by atoms with Crippen LogP contribution in [0.4, 0.5) is 11.4 Å². The van der Waals surface area contributed by atoms with Gasteiger partial charge in [-0.25, -0.2) is 0 Å². The first-order valence-corrected chi connectivity index (χ1v) is 8.71. The van der Waals surface area contributed by atoms with E-state index in [0.29, 0.717) is 0 Å². The lowest BCUT2D eigenvalue weighted by molar-refractivity contribution is -0.118. The first-order chi connectivity index (χ1) is 11.5. The Labute approximate surface area is 146 Å². The summed E-state index contributed by atoms with van der Waals surface area (Å²) in [4.78, 5) is 19.6. The van der Waals surface area contributed by atoms with Gasteiger partial charge in [-0.2, -0.15) is 0 Å². The Morgan fingerprint density at radius 2 is 2.12 bits per heavy atom. The summed E-state index contributed by atoms with van der Waals surface area (Å²) >= 11 is 1.77. The van der Waals surface area contributed by atoms with Crippen LogP contribution in [0.3, 0.4) is 0 Å². The van der Waals surface area contributed by atoms with Crippen molar-refractivity contribution in [3.05, 3.63) is 42.2 Å². The Morgan fingerprint density at radius 3 is 2.83 bits per heavy atom. The number of hydrogen-bond acceptors (Lipinski definition) is 5. The van der Waals surface area contributed by atoms with Crippen molar-refractivity contribution in [2.45, 2.75) is 24.1 Å². The van der Waals surface area contributed by atoms with Gasteiger partial charge in [-0.15, -0.1) is 0 Å².